The van der Waals surface area contributed by atoms with Gasteiger partial charge in [-0.25, -0.2) is 0 Å². The first-order chi connectivity index (χ1) is 11.5. The van der Waals surface area contributed by atoms with Crippen LogP contribution in [0.5, 0.6) is 5.75 Å². The molecule has 0 saturated heterocycles. The zero-order valence-corrected chi connectivity index (χ0v) is 14.6. The predicted octanol–water partition coefficient (Wildman–Crippen LogP) is 3.31. The van der Waals surface area contributed by atoms with E-state index in [1.165, 1.54) is 0 Å². The van der Waals surface area contributed by atoms with Gasteiger partial charge in [0, 0.05) is 17.1 Å². The zero-order valence-electron chi connectivity index (χ0n) is 13.7. The van der Waals surface area contributed by atoms with E-state index in [2.05, 4.69) is 19.2 Å². The smallest absolute Gasteiger partial charge is 0.265 e. The molecule has 0 bridgehead atoms. The monoisotopic (exact) mass is 344 g/mol. The van der Waals surface area contributed by atoms with E-state index in [1.54, 1.807) is 34.4 Å². The number of nitrogens with zero attached hydrogens (tertiary/aromatic N) is 1. The summed E-state index contributed by atoms with van der Waals surface area (Å²) in [5, 5.41) is 4.85. The number of carbonyl (C=O) groups excluding carboxylic acids is 2. The number of benzene rings is 1. The molecule has 0 fully saturated rings. The van der Waals surface area contributed by atoms with Gasteiger partial charge in [-0.05, 0) is 35.6 Å². The molecule has 0 spiro atoms. The maximum Gasteiger partial charge on any atom is 0.265 e. The molecule has 5 nitrogen and oxygen atoms in total. The van der Waals surface area contributed by atoms with Crippen molar-refractivity contribution in [3.63, 3.8) is 0 Å². The summed E-state index contributed by atoms with van der Waals surface area (Å²) in [6.07, 6.45) is 0.347. The van der Waals surface area contributed by atoms with E-state index < -0.39 is 0 Å². The van der Waals surface area contributed by atoms with Gasteiger partial charge in [0.15, 0.2) is 6.61 Å². The lowest BCUT2D eigenvalue weighted by Crippen LogP contribution is -2.41. The number of thiophene rings is 1. The van der Waals surface area contributed by atoms with Crippen molar-refractivity contribution in [2.24, 2.45) is 5.92 Å². The summed E-state index contributed by atoms with van der Waals surface area (Å²) in [5.74, 6) is 0.887. The molecule has 0 radical (unpaired) electrons. The van der Waals surface area contributed by atoms with Crippen molar-refractivity contribution in [2.45, 2.75) is 20.3 Å². The Morgan fingerprint density at radius 1 is 1.38 bits per heavy atom. The number of amides is 2. The van der Waals surface area contributed by atoms with Gasteiger partial charge in [-0.3, -0.25) is 9.59 Å². The molecule has 1 aromatic carbocycles. The first kappa shape index (κ1) is 16.5. The number of fused-ring (bicyclic) bond motifs is 1. The van der Waals surface area contributed by atoms with Gasteiger partial charge in [0.25, 0.3) is 5.91 Å². The quantitative estimate of drug-likeness (QED) is 0.905. The lowest BCUT2D eigenvalue weighted by molar-refractivity contribution is -0.121. The van der Waals surface area contributed by atoms with Crippen LogP contribution in [0.1, 0.15) is 18.7 Å². The number of carbonyl (C=O) groups is 2. The normalized spacial score (nSPS) is 13.6. The van der Waals surface area contributed by atoms with Crippen LogP contribution in [0, 0.1) is 5.92 Å². The van der Waals surface area contributed by atoms with Gasteiger partial charge in [-0.2, -0.15) is 0 Å². The number of anilines is 2. The van der Waals surface area contributed by atoms with Crippen LogP contribution in [0.4, 0.5) is 11.4 Å². The van der Waals surface area contributed by atoms with Crippen molar-refractivity contribution in [2.75, 3.05) is 23.4 Å². The average molecular weight is 344 g/mol. The summed E-state index contributed by atoms with van der Waals surface area (Å²) in [4.78, 5) is 27.1. The van der Waals surface area contributed by atoms with Crippen molar-refractivity contribution in [3.05, 3.63) is 40.6 Å². The Morgan fingerprint density at radius 2 is 2.21 bits per heavy atom. The molecule has 1 aliphatic heterocycles. The molecule has 3 rings (SSSR count). The van der Waals surface area contributed by atoms with Crippen LogP contribution in [-0.4, -0.2) is 25.0 Å². The second kappa shape index (κ2) is 7.05. The van der Waals surface area contributed by atoms with Gasteiger partial charge in [0.1, 0.15) is 5.75 Å². The highest BCUT2D eigenvalue weighted by atomic mass is 32.1. The summed E-state index contributed by atoms with van der Waals surface area (Å²) in [5.41, 5.74) is 1.39. The Kier molecular flexibility index (Phi) is 4.85. The minimum absolute atomic E-state index is 0.0572. The fourth-order valence-electron chi connectivity index (χ4n) is 2.62. The van der Waals surface area contributed by atoms with Crippen molar-refractivity contribution in [3.8, 4) is 5.75 Å². The van der Waals surface area contributed by atoms with Crippen LogP contribution in [0.15, 0.2) is 35.7 Å². The average Bonchev–Trinajstić information content (AvgIpc) is 3.03. The highest BCUT2D eigenvalue weighted by molar-refractivity contribution is 7.10. The summed E-state index contributed by atoms with van der Waals surface area (Å²) in [7, 11) is 0. The molecular formula is C18H20N2O3S. The van der Waals surface area contributed by atoms with E-state index in [0.717, 1.165) is 4.88 Å². The van der Waals surface area contributed by atoms with Gasteiger partial charge in [0.05, 0.1) is 12.1 Å². The first-order valence-corrected chi connectivity index (χ1v) is 8.80. The van der Waals surface area contributed by atoms with Gasteiger partial charge in [-0.15, -0.1) is 11.3 Å². The molecule has 1 N–H and O–H groups in total. The summed E-state index contributed by atoms with van der Waals surface area (Å²) >= 11 is 1.56. The number of nitrogens with one attached hydrogen (secondary N) is 1. The second-order valence-corrected chi connectivity index (χ2v) is 7.21. The van der Waals surface area contributed by atoms with Gasteiger partial charge >= 0.3 is 0 Å². The van der Waals surface area contributed by atoms with Crippen LogP contribution in [0.3, 0.4) is 0 Å². The standard InChI is InChI=1S/C18H20N2O3S/c1-12(2)10-20-15-8-13(5-6-16(15)23-11-18(20)22)19-17(21)9-14-4-3-7-24-14/h3-8,12H,9-11H2,1-2H3,(H,19,21). The Labute approximate surface area is 145 Å². The fourth-order valence-corrected chi connectivity index (χ4v) is 3.33. The largest absolute Gasteiger partial charge is 0.482 e. The van der Waals surface area contributed by atoms with Crippen LogP contribution in [-0.2, 0) is 16.0 Å². The molecule has 126 valence electrons. The maximum absolute atomic E-state index is 12.2. The summed E-state index contributed by atoms with van der Waals surface area (Å²) < 4.78 is 5.49. The predicted molar refractivity (Wildman–Crippen MR) is 95.8 cm³/mol. The van der Waals surface area contributed by atoms with E-state index in [-0.39, 0.29) is 18.4 Å². The molecule has 24 heavy (non-hydrogen) atoms. The molecule has 1 aromatic heterocycles. The molecule has 1 aliphatic rings. The Bertz CT molecular complexity index is 741. The number of hydrogen-bond donors (Lipinski definition) is 1. The van der Waals surface area contributed by atoms with Gasteiger partial charge in [-0.1, -0.05) is 19.9 Å². The van der Waals surface area contributed by atoms with Crippen LogP contribution >= 0.6 is 11.3 Å². The Hall–Kier alpha value is -2.34. The van der Waals surface area contributed by atoms with E-state index >= 15 is 0 Å². The molecular weight excluding hydrogens is 324 g/mol. The van der Waals surface area contributed by atoms with Crippen LogP contribution in [0.25, 0.3) is 0 Å². The SMILES string of the molecule is CC(C)CN1C(=O)COc2ccc(NC(=O)Cc3cccs3)cc21. The molecule has 2 aromatic rings. The minimum Gasteiger partial charge on any atom is -0.482 e. The van der Waals surface area contributed by atoms with Crippen molar-refractivity contribution < 1.29 is 14.3 Å². The third-order valence-electron chi connectivity index (χ3n) is 3.65. The van der Waals surface area contributed by atoms with E-state index in [1.807, 2.05) is 17.5 Å². The molecule has 0 atom stereocenters. The van der Waals surface area contributed by atoms with Crippen molar-refractivity contribution in [1.82, 2.24) is 0 Å². The molecule has 6 heteroatoms. The second-order valence-electron chi connectivity index (χ2n) is 6.17. The molecule has 0 aliphatic carbocycles. The van der Waals surface area contributed by atoms with Crippen LogP contribution in [0.2, 0.25) is 0 Å². The first-order valence-electron chi connectivity index (χ1n) is 7.92. The topological polar surface area (TPSA) is 58.6 Å². The zero-order chi connectivity index (χ0) is 17.1. The highest BCUT2D eigenvalue weighted by Gasteiger charge is 2.26. The van der Waals surface area contributed by atoms with Crippen molar-refractivity contribution in [1.29, 1.82) is 0 Å². The van der Waals surface area contributed by atoms with E-state index in [0.29, 0.717) is 36.0 Å². The van der Waals surface area contributed by atoms with E-state index in [9.17, 15) is 9.59 Å². The highest BCUT2D eigenvalue weighted by Crippen LogP contribution is 2.35. The van der Waals surface area contributed by atoms with Crippen LogP contribution < -0.4 is 15.0 Å². The number of hydrogen-bond acceptors (Lipinski definition) is 4. The summed E-state index contributed by atoms with van der Waals surface area (Å²) in [6, 6.07) is 9.28. The minimum atomic E-state index is -0.0733. The summed E-state index contributed by atoms with van der Waals surface area (Å²) in [6.45, 7) is 4.82. The van der Waals surface area contributed by atoms with E-state index in [4.69, 9.17) is 4.74 Å². The number of rotatable bonds is 5. The lowest BCUT2D eigenvalue weighted by atomic mass is 10.1. The molecule has 0 saturated carbocycles. The molecule has 2 heterocycles. The maximum atomic E-state index is 12.2. The molecule has 0 unspecified atom stereocenters. The Balaban J connectivity index is 1.77. The van der Waals surface area contributed by atoms with Crippen molar-refractivity contribution >= 4 is 34.5 Å². The fraction of sp³-hybridized carbons (Fsp3) is 0.333. The third kappa shape index (κ3) is 3.76. The number of ether oxygens (including phenoxy) is 1. The van der Waals surface area contributed by atoms with Gasteiger partial charge in [0.2, 0.25) is 5.91 Å². The molecule has 2 amide bonds. The Morgan fingerprint density at radius 3 is 2.92 bits per heavy atom. The third-order valence-corrected chi connectivity index (χ3v) is 4.52. The van der Waals surface area contributed by atoms with Gasteiger partial charge < -0.3 is 15.0 Å². The lowest BCUT2D eigenvalue weighted by Gasteiger charge is -2.31.